The lowest BCUT2D eigenvalue weighted by Crippen LogP contribution is -2.39. The number of anilines is 1. The maximum atomic E-state index is 12.9. The zero-order valence-electron chi connectivity index (χ0n) is 16.0. The van der Waals surface area contributed by atoms with Gasteiger partial charge >= 0.3 is 18.2 Å². The molecule has 0 fully saturated rings. The van der Waals surface area contributed by atoms with Gasteiger partial charge in [0.05, 0.1) is 5.56 Å². The molecule has 29 heavy (non-hydrogen) atoms. The summed E-state index contributed by atoms with van der Waals surface area (Å²) in [6, 6.07) is 3.18. The van der Waals surface area contributed by atoms with Crippen molar-refractivity contribution in [3.63, 3.8) is 0 Å². The third-order valence-electron chi connectivity index (χ3n) is 3.27. The Balaban J connectivity index is 3.05. The van der Waals surface area contributed by atoms with Crippen LogP contribution < -0.4 is 10.4 Å². The molecule has 1 N–H and O–H groups in total. The number of benzene rings is 1. The fourth-order valence-electron chi connectivity index (χ4n) is 2.00. The van der Waals surface area contributed by atoms with E-state index in [-0.39, 0.29) is 11.2 Å². The Morgan fingerprint density at radius 3 is 2.21 bits per heavy atom. The third kappa shape index (κ3) is 7.93. The van der Waals surface area contributed by atoms with Gasteiger partial charge in [-0.15, -0.1) is 0 Å². The molecule has 1 aromatic carbocycles. The van der Waals surface area contributed by atoms with E-state index in [0.717, 1.165) is 17.0 Å². The first-order chi connectivity index (χ1) is 12.9. The number of ether oxygens (including phenoxy) is 2. The second-order valence-electron chi connectivity index (χ2n) is 7.00. The van der Waals surface area contributed by atoms with Crippen molar-refractivity contribution in [3.05, 3.63) is 23.8 Å². The molecule has 0 heterocycles. The molecule has 160 valence electrons. The molecule has 13 heteroatoms. The van der Waals surface area contributed by atoms with Crippen LogP contribution in [0.4, 0.5) is 23.7 Å². The van der Waals surface area contributed by atoms with Crippen LogP contribution in [0.2, 0.25) is 0 Å². The first kappa shape index (κ1) is 24.8. The highest BCUT2D eigenvalue weighted by Crippen LogP contribution is 2.25. The second-order valence-corrected chi connectivity index (χ2v) is 8.49. The lowest BCUT2D eigenvalue weighted by atomic mass is 9.91. The van der Waals surface area contributed by atoms with Crippen LogP contribution >= 0.6 is 0 Å². The monoisotopic (exact) mass is 437 g/mol. The van der Waals surface area contributed by atoms with Gasteiger partial charge in [-0.2, -0.15) is 21.6 Å². The molecule has 0 aliphatic rings. The van der Waals surface area contributed by atoms with Crippen molar-refractivity contribution in [3.8, 4) is 0 Å². The Hall–Kier alpha value is -2.28. The third-order valence-corrected chi connectivity index (χ3v) is 3.99. The van der Waals surface area contributed by atoms with Crippen LogP contribution in [0.3, 0.4) is 0 Å². The summed E-state index contributed by atoms with van der Waals surface area (Å²) in [6.07, 6.45) is -9.06. The van der Waals surface area contributed by atoms with Gasteiger partial charge in [-0.25, -0.2) is 9.59 Å². The Labute approximate surface area is 167 Å². The zero-order chi connectivity index (χ0) is 22.8. The standard InChI is InChI=1S/C16H19BF3NO7S/c1-15(2,3)28-14(23)21(4)11-6-5-9(7-10(11)17)13(22)27-12(16(18,19)20)8-29(24,25)26/h5-7,12H,8H2,1-4H3,(H,24,25,26). The number of carbonyl (C=O) groups is 2. The minimum absolute atomic E-state index is 0.112. The van der Waals surface area contributed by atoms with Crippen LogP contribution in [0.25, 0.3) is 0 Å². The van der Waals surface area contributed by atoms with Crippen LogP contribution in [0.5, 0.6) is 0 Å². The van der Waals surface area contributed by atoms with Crippen LogP contribution in [-0.4, -0.2) is 63.6 Å². The second kappa shape index (κ2) is 8.62. The van der Waals surface area contributed by atoms with E-state index in [4.69, 9.17) is 17.1 Å². The number of hydrogen-bond acceptors (Lipinski definition) is 6. The summed E-state index contributed by atoms with van der Waals surface area (Å²) in [5.41, 5.74) is -1.25. The number of carbonyl (C=O) groups excluding carboxylic acids is 2. The number of hydrogen-bond donors (Lipinski definition) is 1. The fourth-order valence-corrected chi connectivity index (χ4v) is 2.64. The molecule has 0 aliphatic heterocycles. The molecule has 0 saturated carbocycles. The summed E-state index contributed by atoms with van der Waals surface area (Å²) in [5, 5.41) is 0. The van der Waals surface area contributed by atoms with E-state index < -0.39 is 51.4 Å². The molecule has 0 aliphatic carbocycles. The first-order valence-corrected chi connectivity index (χ1v) is 9.61. The van der Waals surface area contributed by atoms with Gasteiger partial charge in [-0.3, -0.25) is 9.45 Å². The van der Waals surface area contributed by atoms with Gasteiger partial charge in [0.1, 0.15) is 19.2 Å². The lowest BCUT2D eigenvalue weighted by molar-refractivity contribution is -0.197. The van der Waals surface area contributed by atoms with Crippen molar-refractivity contribution in [1.29, 1.82) is 0 Å². The molecule has 0 saturated heterocycles. The van der Waals surface area contributed by atoms with E-state index in [1.165, 1.54) is 13.1 Å². The summed E-state index contributed by atoms with van der Waals surface area (Å²) in [4.78, 5) is 25.1. The molecule has 8 nitrogen and oxygen atoms in total. The summed E-state index contributed by atoms with van der Waals surface area (Å²) in [5.74, 6) is -3.37. The molecule has 1 amide bonds. The first-order valence-electron chi connectivity index (χ1n) is 8.00. The zero-order valence-corrected chi connectivity index (χ0v) is 16.8. The topological polar surface area (TPSA) is 110 Å². The minimum atomic E-state index is -5.23. The number of esters is 1. The quantitative estimate of drug-likeness (QED) is 0.425. The maximum absolute atomic E-state index is 12.9. The number of halogens is 3. The van der Waals surface area contributed by atoms with Gasteiger partial charge in [0, 0.05) is 12.7 Å². The average Bonchev–Trinajstić information content (AvgIpc) is 2.49. The molecular weight excluding hydrogens is 418 g/mol. The van der Waals surface area contributed by atoms with Gasteiger partial charge in [0.2, 0.25) is 6.10 Å². The fraction of sp³-hybridized carbons (Fsp3) is 0.500. The van der Waals surface area contributed by atoms with Crippen molar-refractivity contribution in [2.75, 3.05) is 17.7 Å². The summed E-state index contributed by atoms with van der Waals surface area (Å²) >= 11 is 0. The van der Waals surface area contributed by atoms with Crippen LogP contribution in [-0.2, 0) is 19.6 Å². The van der Waals surface area contributed by atoms with Crippen molar-refractivity contribution in [2.24, 2.45) is 0 Å². The van der Waals surface area contributed by atoms with Crippen molar-refractivity contribution in [1.82, 2.24) is 0 Å². The summed E-state index contributed by atoms with van der Waals surface area (Å²) in [6.45, 7) is 4.93. The van der Waals surface area contributed by atoms with Gasteiger partial charge in [-0.05, 0) is 32.9 Å². The van der Waals surface area contributed by atoms with E-state index in [2.05, 4.69) is 4.74 Å². The molecule has 1 aromatic rings. The van der Waals surface area contributed by atoms with Crippen LogP contribution in [0.15, 0.2) is 18.2 Å². The summed E-state index contributed by atoms with van der Waals surface area (Å²) < 4.78 is 78.0. The number of rotatable bonds is 5. The highest BCUT2D eigenvalue weighted by Gasteiger charge is 2.45. The predicted molar refractivity (Wildman–Crippen MR) is 98.1 cm³/mol. The molecule has 2 radical (unpaired) electrons. The van der Waals surface area contributed by atoms with Gasteiger partial charge in [0.25, 0.3) is 10.1 Å². The SMILES string of the molecule is [B]c1cc(C(=O)OC(CS(=O)(=O)O)C(F)(F)F)ccc1N(C)C(=O)OC(C)(C)C. The van der Waals surface area contributed by atoms with E-state index in [1.54, 1.807) is 20.8 Å². The van der Waals surface area contributed by atoms with E-state index in [9.17, 15) is 31.2 Å². The molecule has 0 aromatic heterocycles. The minimum Gasteiger partial charge on any atom is -0.448 e. The smallest absolute Gasteiger partial charge is 0.426 e. The Morgan fingerprint density at radius 2 is 1.79 bits per heavy atom. The van der Waals surface area contributed by atoms with Gasteiger partial charge in [-0.1, -0.05) is 11.5 Å². The number of amides is 1. The summed E-state index contributed by atoms with van der Waals surface area (Å²) in [7, 11) is 2.04. The highest BCUT2D eigenvalue weighted by molar-refractivity contribution is 7.85. The van der Waals surface area contributed by atoms with Crippen molar-refractivity contribution >= 4 is 41.2 Å². The predicted octanol–water partition coefficient (Wildman–Crippen LogP) is 1.83. The lowest BCUT2D eigenvalue weighted by Gasteiger charge is -2.26. The highest BCUT2D eigenvalue weighted by atomic mass is 32.2. The molecular formula is C16H19BF3NO7S. The number of nitrogens with zero attached hydrogens (tertiary/aromatic N) is 1. The normalized spacial score (nSPS) is 13.5. The van der Waals surface area contributed by atoms with Crippen molar-refractivity contribution in [2.45, 2.75) is 38.7 Å². The van der Waals surface area contributed by atoms with Crippen LogP contribution in [0, 0.1) is 0 Å². The van der Waals surface area contributed by atoms with Gasteiger partial charge in [0.15, 0.2) is 0 Å². The van der Waals surface area contributed by atoms with Gasteiger partial charge < -0.3 is 9.47 Å². The largest absolute Gasteiger partial charge is 0.448 e. The molecule has 1 rings (SSSR count). The Kier molecular flexibility index (Phi) is 7.36. The van der Waals surface area contributed by atoms with E-state index in [0.29, 0.717) is 0 Å². The van der Waals surface area contributed by atoms with Crippen LogP contribution in [0.1, 0.15) is 31.1 Å². The molecule has 1 unspecified atom stereocenters. The Bertz CT molecular complexity index is 881. The maximum Gasteiger partial charge on any atom is 0.426 e. The number of alkyl halides is 3. The van der Waals surface area contributed by atoms with E-state index >= 15 is 0 Å². The molecule has 1 atom stereocenters. The van der Waals surface area contributed by atoms with Crippen molar-refractivity contribution < 1.29 is 45.2 Å². The average molecular weight is 437 g/mol. The Morgan fingerprint density at radius 1 is 1.24 bits per heavy atom. The molecule has 0 bridgehead atoms. The van der Waals surface area contributed by atoms with E-state index in [1.807, 2.05) is 0 Å². The molecule has 0 spiro atoms.